The van der Waals surface area contributed by atoms with Gasteiger partial charge >= 0.3 is 0 Å². The number of rotatable bonds is 14. The Bertz CT molecular complexity index is 8830. The maximum absolute atomic E-state index is 6.77. The number of para-hydroxylation sites is 4. The summed E-state index contributed by atoms with van der Waals surface area (Å²) >= 11 is 1.75. The molecule has 0 atom stereocenters. The molecule has 143 heavy (non-hydrogen) atoms. The van der Waals surface area contributed by atoms with E-state index in [1.807, 2.05) is 152 Å². The summed E-state index contributed by atoms with van der Waals surface area (Å²) in [6, 6.07) is 167. The van der Waals surface area contributed by atoms with Crippen LogP contribution in [0.3, 0.4) is 0 Å². The van der Waals surface area contributed by atoms with Gasteiger partial charge in [-0.15, -0.1) is 11.3 Å². The molecule has 4 aliphatic rings. The van der Waals surface area contributed by atoms with Gasteiger partial charge in [-0.25, -0.2) is 54.8 Å². The summed E-state index contributed by atoms with van der Waals surface area (Å²) in [7, 11) is 0. The summed E-state index contributed by atoms with van der Waals surface area (Å²) < 4.78 is 15.8. The lowest BCUT2D eigenvalue weighted by Gasteiger charge is -2.39. The molecular formula is C129H79N11O2S. The zero-order chi connectivity index (χ0) is 94.5. The highest BCUT2D eigenvalue weighted by Gasteiger charge is 2.54. The molecule has 5 aromatic heterocycles. The Morgan fingerprint density at radius 3 is 0.909 bits per heavy atom. The summed E-state index contributed by atoms with van der Waals surface area (Å²) in [5.41, 5.74) is 30.5. The Labute approximate surface area is 828 Å². The van der Waals surface area contributed by atoms with E-state index in [1.165, 1.54) is 15.8 Å². The summed E-state index contributed by atoms with van der Waals surface area (Å²) in [6.45, 7) is 0. The molecule has 7 heterocycles. The molecule has 0 fully saturated rings. The smallest absolute Gasteiger partial charge is 0.164 e. The van der Waals surface area contributed by atoms with Crippen LogP contribution in [0.2, 0.25) is 0 Å². The maximum atomic E-state index is 6.77. The maximum Gasteiger partial charge on any atom is 0.164 e. The normalized spacial score (nSPS) is 12.7. The highest BCUT2D eigenvalue weighted by Crippen LogP contribution is 2.66. The van der Waals surface area contributed by atoms with Crippen molar-refractivity contribution in [2.24, 2.45) is 0 Å². The van der Waals surface area contributed by atoms with Gasteiger partial charge in [0.2, 0.25) is 0 Å². The van der Waals surface area contributed by atoms with Crippen LogP contribution in [0.1, 0.15) is 44.5 Å². The van der Waals surface area contributed by atoms with Crippen molar-refractivity contribution in [3.05, 3.63) is 524 Å². The average Bonchev–Trinajstić information content (AvgIpc) is 1.53. The van der Waals surface area contributed by atoms with Gasteiger partial charge in [-0.2, -0.15) is 0 Å². The van der Waals surface area contributed by atoms with Crippen LogP contribution < -0.4 is 9.47 Å². The van der Waals surface area contributed by atoms with Gasteiger partial charge in [-0.05, 0) is 132 Å². The van der Waals surface area contributed by atoms with Crippen molar-refractivity contribution in [3.63, 3.8) is 0 Å². The molecule has 0 unspecified atom stereocenters. The molecule has 2 aliphatic heterocycles. The number of nitrogens with zero attached hydrogens (tertiary/aromatic N) is 11. The summed E-state index contributed by atoms with van der Waals surface area (Å²) in [5, 5.41) is 1.14. The lowest BCUT2D eigenvalue weighted by Crippen LogP contribution is -2.32. The zero-order valence-corrected chi connectivity index (χ0v) is 77.6. The van der Waals surface area contributed by atoms with E-state index in [0.29, 0.717) is 58.2 Å². The van der Waals surface area contributed by atoms with Crippen molar-refractivity contribution in [2.75, 3.05) is 0 Å². The number of benzene rings is 19. The first kappa shape index (κ1) is 83.5. The van der Waals surface area contributed by atoms with Crippen LogP contribution in [0.5, 0.6) is 23.0 Å². The molecule has 2 aliphatic carbocycles. The highest BCUT2D eigenvalue weighted by atomic mass is 32.1. The predicted octanol–water partition coefficient (Wildman–Crippen LogP) is 31.4. The summed E-state index contributed by atoms with van der Waals surface area (Å²) in [6.07, 6.45) is 0. The Kier molecular flexibility index (Phi) is 20.2. The molecule has 0 radical (unpaired) electrons. The van der Waals surface area contributed by atoms with E-state index in [2.05, 4.69) is 328 Å². The zero-order valence-electron chi connectivity index (χ0n) is 76.8. The van der Waals surface area contributed by atoms with Crippen molar-refractivity contribution in [2.45, 2.75) is 10.8 Å². The second-order valence-corrected chi connectivity index (χ2v) is 37.1. The van der Waals surface area contributed by atoms with Crippen LogP contribution in [0, 0.1) is 0 Å². The molecule has 0 bridgehead atoms. The molecule has 0 saturated carbocycles. The van der Waals surface area contributed by atoms with E-state index in [9.17, 15) is 0 Å². The molecule has 0 N–H and O–H groups in total. The van der Waals surface area contributed by atoms with Crippen molar-refractivity contribution in [3.8, 4) is 204 Å². The van der Waals surface area contributed by atoms with Crippen molar-refractivity contribution < 1.29 is 9.47 Å². The second-order valence-electron chi connectivity index (χ2n) is 36.1. The van der Waals surface area contributed by atoms with Crippen molar-refractivity contribution in [1.82, 2.24) is 54.8 Å². The Morgan fingerprint density at radius 1 is 0.168 bits per heavy atom. The fourth-order valence-electron chi connectivity index (χ4n) is 21.4. The average molecular weight is 1850 g/mol. The lowest BCUT2D eigenvalue weighted by molar-refractivity contribution is 0.436. The number of thiophene rings is 1. The fourth-order valence-corrected chi connectivity index (χ4v) is 22.5. The molecule has 0 saturated heterocycles. The van der Waals surface area contributed by atoms with Crippen LogP contribution in [0.4, 0.5) is 0 Å². The Hall–Kier alpha value is -18.9. The van der Waals surface area contributed by atoms with Gasteiger partial charge in [0.25, 0.3) is 0 Å². The molecule has 13 nitrogen and oxygen atoms in total. The lowest BCUT2D eigenvalue weighted by atomic mass is 9.66. The number of ether oxygens (including phenoxy) is 2. The largest absolute Gasteiger partial charge is 0.457 e. The first-order valence-electron chi connectivity index (χ1n) is 47.8. The van der Waals surface area contributed by atoms with Gasteiger partial charge in [-0.1, -0.05) is 425 Å². The SMILES string of the molecule is c1ccc(-c2ccc(-c3nc(-c4ccc(-c5ccccc5)cc4)nc(-c4ccc5c(c4)-c4ccc(-c6nc(-c7ccccc7)nc(-c7ccccc7)n6)cc4C54c5ccccc5Oc5ccccc54)n3)cc2)cc1.c1ccc(-c2nc(-c3ccccc3)nc(-c3ccc4c(c3)C3(c5ccccc5Oc5ccccc53)c3cccc(-c5cccc(-c6nc(-c7ccccc7)c7sc8ccccc8c7n6)c5)c3-4)n2)cc1. The Balaban J connectivity index is 0.000000143. The van der Waals surface area contributed by atoms with E-state index in [0.717, 1.165) is 195 Å². The minimum Gasteiger partial charge on any atom is -0.457 e. The van der Waals surface area contributed by atoms with Gasteiger partial charge in [-0.3, -0.25) is 0 Å². The van der Waals surface area contributed by atoms with Gasteiger partial charge in [0.1, 0.15) is 23.0 Å². The van der Waals surface area contributed by atoms with Gasteiger partial charge in [0.05, 0.1) is 26.7 Å². The molecule has 28 rings (SSSR count). The van der Waals surface area contributed by atoms with Crippen LogP contribution in [-0.4, -0.2) is 54.8 Å². The summed E-state index contributed by atoms with van der Waals surface area (Å²) in [4.78, 5) is 57.2. The molecule has 2 spiro atoms. The van der Waals surface area contributed by atoms with E-state index in [4.69, 9.17) is 64.3 Å². The minimum atomic E-state index is -0.765. The molecule has 14 heteroatoms. The van der Waals surface area contributed by atoms with Gasteiger partial charge < -0.3 is 9.47 Å². The van der Waals surface area contributed by atoms with Gasteiger partial charge in [0, 0.05) is 93.5 Å². The first-order chi connectivity index (χ1) is 70.8. The molecule has 24 aromatic rings. The molecule has 668 valence electrons. The standard InChI is InChI=1S/C67H42N6O.C62H37N5OS/c1-5-17-43(18-6-1)45-29-33-49(34-30-45)63-69-64(50-35-31-46(32-36-50)44-19-7-2-8-20-44)73-65(72-63)51-38-40-55-54(41-51)53-39-37-52(42-58(53)67(55)56-25-13-15-27-59(56)74-60-28-16-14-26-57(60)67)66-70-61(47-21-9-3-10-22-47)68-62(71-66)48-23-11-4-12-24-48;1-4-18-38(19-5-1)55-57-56(46-26-10-15-33-53(46)69-57)64-60(63-55)42-25-16-24-41(36-42)44-27-17-30-49-54(44)45-35-34-43(37-50(45)62(49)47-28-11-13-31-51(47)68-52-32-14-12-29-48(52)62)61-66-58(39-20-6-2-7-21-39)65-59(67-61)40-22-8-3-9-23-40/h1-42H;1-37H. The van der Waals surface area contributed by atoms with E-state index < -0.39 is 10.8 Å². The molecular weight excluding hydrogens is 1770 g/mol. The van der Waals surface area contributed by atoms with Crippen molar-refractivity contribution >= 4 is 31.6 Å². The third-order valence-electron chi connectivity index (χ3n) is 27.9. The topological polar surface area (TPSA) is 160 Å². The first-order valence-corrected chi connectivity index (χ1v) is 48.6. The monoisotopic (exact) mass is 1850 g/mol. The fraction of sp³-hybridized carbons (Fsp3) is 0.0155. The Morgan fingerprint density at radius 2 is 0.462 bits per heavy atom. The van der Waals surface area contributed by atoms with E-state index >= 15 is 0 Å². The quantitative estimate of drug-likeness (QED) is 0.101. The van der Waals surface area contributed by atoms with Crippen molar-refractivity contribution in [1.29, 1.82) is 0 Å². The minimum absolute atomic E-state index is 0.575. The van der Waals surface area contributed by atoms with E-state index in [1.54, 1.807) is 11.3 Å². The predicted molar refractivity (Wildman–Crippen MR) is 572 cm³/mol. The number of hydrogen-bond acceptors (Lipinski definition) is 14. The molecule has 0 amide bonds. The summed E-state index contributed by atoms with van der Waals surface area (Å²) in [5.74, 6) is 9.35. The third kappa shape index (κ3) is 14.3. The third-order valence-corrected chi connectivity index (χ3v) is 29.1. The highest BCUT2D eigenvalue weighted by molar-refractivity contribution is 7.26. The van der Waals surface area contributed by atoms with E-state index in [-0.39, 0.29) is 0 Å². The van der Waals surface area contributed by atoms with Crippen LogP contribution in [-0.2, 0) is 10.8 Å². The number of hydrogen-bond donors (Lipinski definition) is 0. The number of aromatic nitrogens is 11. The van der Waals surface area contributed by atoms with Crippen LogP contribution in [0.25, 0.3) is 201 Å². The second kappa shape index (κ2) is 34.7. The van der Waals surface area contributed by atoms with Gasteiger partial charge in [0.15, 0.2) is 58.2 Å². The van der Waals surface area contributed by atoms with Crippen LogP contribution >= 0.6 is 11.3 Å². The number of fused-ring (bicyclic) bond motifs is 21. The van der Waals surface area contributed by atoms with Crippen LogP contribution in [0.15, 0.2) is 479 Å². The molecule has 19 aromatic carbocycles.